The smallest absolute Gasteiger partial charge is 0.422 e. The Balaban J connectivity index is 4.01. The molecule has 0 atom stereocenters. The van der Waals surface area contributed by atoms with Crippen LogP contribution in [0.1, 0.15) is 0 Å². The van der Waals surface area contributed by atoms with Gasteiger partial charge in [0.1, 0.15) is 9.84 Å². The van der Waals surface area contributed by atoms with Gasteiger partial charge in [-0.25, -0.2) is 13.2 Å². The van der Waals surface area contributed by atoms with Gasteiger partial charge in [-0.3, -0.25) is 0 Å². The van der Waals surface area contributed by atoms with Gasteiger partial charge in [0.15, 0.2) is 6.61 Å². The number of alkyl halides is 3. The Bertz CT molecular complexity index is 338. The van der Waals surface area contributed by atoms with E-state index in [2.05, 4.69) is 4.74 Å². The fraction of sp³-hybridized carbons (Fsp3) is 0.857. The number of amides is 1. The van der Waals surface area contributed by atoms with Gasteiger partial charge in [-0.1, -0.05) is 0 Å². The summed E-state index contributed by atoms with van der Waals surface area (Å²) in [5.74, 6) is -0.329. The van der Waals surface area contributed by atoms with Gasteiger partial charge >= 0.3 is 12.3 Å². The van der Waals surface area contributed by atoms with Crippen molar-refractivity contribution in [2.24, 2.45) is 0 Å². The Morgan fingerprint density at radius 3 is 2.25 bits per heavy atom. The molecule has 0 aromatic heterocycles. The molecule has 0 N–H and O–H groups in total. The average molecular weight is 263 g/mol. The van der Waals surface area contributed by atoms with Crippen LogP contribution in [-0.2, 0) is 14.6 Å². The number of sulfone groups is 1. The molecule has 0 saturated heterocycles. The molecule has 0 radical (unpaired) electrons. The summed E-state index contributed by atoms with van der Waals surface area (Å²) in [4.78, 5) is 11.7. The molecule has 0 fully saturated rings. The zero-order valence-corrected chi connectivity index (χ0v) is 9.56. The summed E-state index contributed by atoms with van der Waals surface area (Å²) in [6, 6.07) is 0. The molecule has 0 aliphatic heterocycles. The van der Waals surface area contributed by atoms with Crippen LogP contribution in [0.5, 0.6) is 0 Å². The van der Waals surface area contributed by atoms with Gasteiger partial charge in [0.2, 0.25) is 0 Å². The maximum absolute atomic E-state index is 11.7. The summed E-state index contributed by atoms with van der Waals surface area (Å²) in [5.41, 5.74) is 0. The fourth-order valence-electron chi connectivity index (χ4n) is 0.648. The molecule has 96 valence electrons. The number of hydrogen-bond acceptors (Lipinski definition) is 4. The lowest BCUT2D eigenvalue weighted by Gasteiger charge is -2.16. The highest BCUT2D eigenvalue weighted by atomic mass is 32.2. The monoisotopic (exact) mass is 263 g/mol. The highest BCUT2D eigenvalue weighted by Crippen LogP contribution is 2.14. The van der Waals surface area contributed by atoms with Crippen LogP contribution in [0.15, 0.2) is 0 Å². The topological polar surface area (TPSA) is 63.7 Å². The van der Waals surface area contributed by atoms with Crippen LogP contribution in [0.25, 0.3) is 0 Å². The Morgan fingerprint density at radius 1 is 1.38 bits per heavy atom. The normalized spacial score (nSPS) is 12.3. The molecular weight excluding hydrogens is 251 g/mol. The first-order valence-corrected chi connectivity index (χ1v) is 6.20. The largest absolute Gasteiger partial charge is 0.440 e. The molecule has 16 heavy (non-hydrogen) atoms. The van der Waals surface area contributed by atoms with Crippen molar-refractivity contribution in [1.82, 2.24) is 4.90 Å². The lowest BCUT2D eigenvalue weighted by Crippen LogP contribution is -2.34. The van der Waals surface area contributed by atoms with E-state index in [1.165, 1.54) is 0 Å². The van der Waals surface area contributed by atoms with Gasteiger partial charge in [0, 0.05) is 19.8 Å². The molecule has 0 unspecified atom stereocenters. The Morgan fingerprint density at radius 2 is 1.88 bits per heavy atom. The lowest BCUT2D eigenvalue weighted by molar-refractivity contribution is -0.162. The second-order valence-corrected chi connectivity index (χ2v) is 5.48. The van der Waals surface area contributed by atoms with Crippen molar-refractivity contribution in [2.45, 2.75) is 6.18 Å². The maximum atomic E-state index is 11.7. The van der Waals surface area contributed by atoms with Crippen molar-refractivity contribution >= 4 is 15.9 Å². The SMILES string of the molecule is CN(CCS(C)(=O)=O)C(=O)OCC(F)(F)F. The van der Waals surface area contributed by atoms with Crippen LogP contribution in [-0.4, -0.2) is 57.8 Å². The quantitative estimate of drug-likeness (QED) is 0.747. The van der Waals surface area contributed by atoms with Crippen molar-refractivity contribution < 1.29 is 31.1 Å². The second kappa shape index (κ2) is 5.37. The summed E-state index contributed by atoms with van der Waals surface area (Å²) in [7, 11) is -2.11. The van der Waals surface area contributed by atoms with Crippen molar-refractivity contribution in [3.05, 3.63) is 0 Å². The van der Waals surface area contributed by atoms with E-state index >= 15 is 0 Å². The lowest BCUT2D eigenvalue weighted by atomic mass is 10.6. The zero-order chi connectivity index (χ0) is 13.0. The second-order valence-electron chi connectivity index (χ2n) is 3.22. The Labute approximate surface area is 91.1 Å². The first kappa shape index (κ1) is 15.0. The first-order chi connectivity index (χ1) is 7.01. The molecule has 0 saturated carbocycles. The van der Waals surface area contributed by atoms with Crippen LogP contribution in [0, 0.1) is 0 Å². The number of hydrogen-bond donors (Lipinski definition) is 0. The summed E-state index contributed by atoms with van der Waals surface area (Å²) < 4.78 is 60.3. The molecule has 1 amide bonds. The minimum atomic E-state index is -4.59. The van der Waals surface area contributed by atoms with Crippen LogP contribution in [0.4, 0.5) is 18.0 Å². The van der Waals surface area contributed by atoms with Gasteiger partial charge in [-0.05, 0) is 0 Å². The molecule has 0 spiro atoms. The van der Waals surface area contributed by atoms with E-state index in [-0.39, 0.29) is 12.3 Å². The van der Waals surface area contributed by atoms with Crippen LogP contribution < -0.4 is 0 Å². The van der Waals surface area contributed by atoms with Gasteiger partial charge < -0.3 is 9.64 Å². The van der Waals surface area contributed by atoms with Gasteiger partial charge in [0.05, 0.1) is 5.75 Å². The molecule has 0 aliphatic rings. The van der Waals surface area contributed by atoms with Crippen LogP contribution in [0.2, 0.25) is 0 Å². The van der Waals surface area contributed by atoms with Crippen molar-refractivity contribution in [3.63, 3.8) is 0 Å². The fourth-order valence-corrected chi connectivity index (χ4v) is 1.25. The van der Waals surface area contributed by atoms with E-state index in [4.69, 9.17) is 0 Å². The summed E-state index contributed by atoms with van der Waals surface area (Å²) >= 11 is 0. The molecule has 0 aromatic rings. The summed E-state index contributed by atoms with van der Waals surface area (Å²) in [6.07, 6.45) is -4.84. The molecule has 0 bridgehead atoms. The third-order valence-corrected chi connectivity index (χ3v) is 2.39. The number of nitrogens with zero attached hydrogens (tertiary/aromatic N) is 1. The number of ether oxygens (including phenoxy) is 1. The first-order valence-electron chi connectivity index (χ1n) is 4.13. The predicted molar refractivity (Wildman–Crippen MR) is 49.7 cm³/mol. The van der Waals surface area contributed by atoms with Crippen molar-refractivity contribution in [2.75, 3.05) is 32.2 Å². The van der Waals surface area contributed by atoms with Crippen LogP contribution >= 0.6 is 0 Å². The van der Waals surface area contributed by atoms with Crippen molar-refractivity contribution in [1.29, 1.82) is 0 Å². The third-order valence-electron chi connectivity index (χ3n) is 1.47. The predicted octanol–water partition coefficient (Wildman–Crippen LogP) is 0.662. The average Bonchev–Trinajstić information content (AvgIpc) is 2.07. The molecule has 0 aliphatic carbocycles. The van der Waals surface area contributed by atoms with E-state index in [0.29, 0.717) is 0 Å². The van der Waals surface area contributed by atoms with E-state index in [1.807, 2.05) is 0 Å². The number of rotatable bonds is 4. The van der Waals surface area contributed by atoms with E-state index in [9.17, 15) is 26.4 Å². The minimum Gasteiger partial charge on any atom is -0.440 e. The van der Waals surface area contributed by atoms with E-state index in [0.717, 1.165) is 18.2 Å². The molecule has 0 aromatic carbocycles. The molecule has 5 nitrogen and oxygen atoms in total. The van der Waals surface area contributed by atoms with Crippen molar-refractivity contribution in [3.8, 4) is 0 Å². The summed E-state index contributed by atoms with van der Waals surface area (Å²) in [5, 5.41) is 0. The molecular formula is C7H12F3NO4S. The Kier molecular flexibility index (Phi) is 5.04. The van der Waals surface area contributed by atoms with E-state index < -0.39 is 28.7 Å². The molecule has 0 rings (SSSR count). The molecule has 0 heterocycles. The summed E-state index contributed by atoms with van der Waals surface area (Å²) in [6.45, 7) is -1.90. The zero-order valence-electron chi connectivity index (χ0n) is 8.74. The van der Waals surface area contributed by atoms with Gasteiger partial charge in [-0.2, -0.15) is 13.2 Å². The number of halogens is 3. The van der Waals surface area contributed by atoms with Gasteiger partial charge in [-0.15, -0.1) is 0 Å². The standard InChI is InChI=1S/C7H12F3NO4S/c1-11(3-4-16(2,13)14)6(12)15-5-7(8,9)10/h3-5H2,1-2H3. The Hall–Kier alpha value is -0.990. The van der Waals surface area contributed by atoms with E-state index in [1.54, 1.807) is 0 Å². The molecule has 9 heteroatoms. The minimum absolute atomic E-state index is 0.213. The maximum Gasteiger partial charge on any atom is 0.422 e. The highest BCUT2D eigenvalue weighted by Gasteiger charge is 2.30. The number of carbonyl (C=O) groups excluding carboxylic acids is 1. The van der Waals surface area contributed by atoms with Gasteiger partial charge in [0.25, 0.3) is 0 Å². The third kappa shape index (κ3) is 8.33. The highest BCUT2D eigenvalue weighted by molar-refractivity contribution is 7.90. The number of carbonyl (C=O) groups is 1. The van der Waals surface area contributed by atoms with Crippen LogP contribution in [0.3, 0.4) is 0 Å².